The molecule has 2 N–H and O–H groups in total. The number of nitrogens with one attached hydrogen (secondary N) is 2. The third kappa shape index (κ3) is 8.34. The van der Waals surface area contributed by atoms with Gasteiger partial charge in [-0.3, -0.25) is 9.59 Å². The fraction of sp³-hybridized carbons (Fsp3) is 0.500. The van der Waals surface area contributed by atoms with E-state index in [0.29, 0.717) is 11.3 Å². The fourth-order valence-corrected chi connectivity index (χ4v) is 4.31. The van der Waals surface area contributed by atoms with Crippen molar-refractivity contribution in [2.75, 3.05) is 5.32 Å². The summed E-state index contributed by atoms with van der Waals surface area (Å²) >= 11 is 0. The molecule has 7 heteroatoms. The summed E-state index contributed by atoms with van der Waals surface area (Å²) < 4.78 is 5.42. The average molecular weight is 510 g/mol. The molecule has 0 radical (unpaired) electrons. The van der Waals surface area contributed by atoms with Crippen molar-refractivity contribution in [3.8, 4) is 0 Å². The second-order valence-corrected chi connectivity index (χ2v) is 11.3. The first-order valence-corrected chi connectivity index (χ1v) is 12.9. The molecule has 2 aromatic rings. The van der Waals surface area contributed by atoms with Gasteiger partial charge in [-0.25, -0.2) is 4.79 Å². The van der Waals surface area contributed by atoms with Crippen molar-refractivity contribution in [3.63, 3.8) is 0 Å². The zero-order valence-corrected chi connectivity index (χ0v) is 23.9. The molecule has 37 heavy (non-hydrogen) atoms. The molecule has 2 unspecified atom stereocenters. The van der Waals surface area contributed by atoms with Gasteiger partial charge in [0.2, 0.25) is 5.91 Å². The monoisotopic (exact) mass is 509 g/mol. The van der Waals surface area contributed by atoms with Crippen LogP contribution in [0, 0.1) is 26.7 Å². The van der Waals surface area contributed by atoms with Crippen molar-refractivity contribution >= 4 is 23.6 Å². The lowest BCUT2D eigenvalue weighted by molar-refractivity contribution is -0.143. The summed E-state index contributed by atoms with van der Waals surface area (Å²) in [5.74, 6) is -0.901. The highest BCUT2D eigenvalue weighted by atomic mass is 16.6. The Morgan fingerprint density at radius 1 is 0.892 bits per heavy atom. The first-order chi connectivity index (χ1) is 17.1. The van der Waals surface area contributed by atoms with E-state index in [9.17, 15) is 14.4 Å². The zero-order valence-electron chi connectivity index (χ0n) is 23.9. The van der Waals surface area contributed by atoms with Crippen molar-refractivity contribution in [1.29, 1.82) is 0 Å². The highest BCUT2D eigenvalue weighted by Crippen LogP contribution is 2.29. The molecule has 2 aromatic carbocycles. The summed E-state index contributed by atoms with van der Waals surface area (Å²) in [6.45, 7) is 18.6. The summed E-state index contributed by atoms with van der Waals surface area (Å²) in [6, 6.07) is 11.3. The SMILES string of the molecule is Cc1cc(C)cc(C(C(=O)Nc2ccccc2C)N(C(=O)C(NC(=O)OC(C)(C)C)C(C)C)C(C)C)c1. The number of anilines is 1. The number of ether oxygens (including phenoxy) is 1. The van der Waals surface area contributed by atoms with E-state index in [4.69, 9.17) is 4.74 Å². The topological polar surface area (TPSA) is 87.7 Å². The number of rotatable bonds is 8. The van der Waals surface area contributed by atoms with E-state index >= 15 is 0 Å². The Labute approximate surface area is 222 Å². The Balaban J connectivity index is 2.57. The third-order valence-electron chi connectivity index (χ3n) is 5.90. The van der Waals surface area contributed by atoms with Gasteiger partial charge in [-0.2, -0.15) is 0 Å². The summed E-state index contributed by atoms with van der Waals surface area (Å²) in [7, 11) is 0. The first-order valence-electron chi connectivity index (χ1n) is 12.9. The number of para-hydroxylation sites is 1. The van der Waals surface area contributed by atoms with Gasteiger partial charge in [0, 0.05) is 11.7 Å². The van der Waals surface area contributed by atoms with Gasteiger partial charge in [-0.1, -0.05) is 61.4 Å². The van der Waals surface area contributed by atoms with Crippen molar-refractivity contribution in [2.45, 2.75) is 93.0 Å². The Bertz CT molecular complexity index is 1100. The second kappa shape index (κ2) is 12.3. The van der Waals surface area contributed by atoms with Gasteiger partial charge in [0.25, 0.3) is 5.91 Å². The largest absolute Gasteiger partial charge is 0.444 e. The van der Waals surface area contributed by atoms with Crippen molar-refractivity contribution in [1.82, 2.24) is 10.2 Å². The molecule has 0 spiro atoms. The Kier molecular flexibility index (Phi) is 9.90. The molecule has 202 valence electrons. The van der Waals surface area contributed by atoms with Gasteiger partial charge < -0.3 is 20.3 Å². The number of alkyl carbamates (subject to hydrolysis) is 1. The number of nitrogens with zero attached hydrogens (tertiary/aromatic N) is 1. The number of carbonyl (C=O) groups is 3. The fourth-order valence-electron chi connectivity index (χ4n) is 4.31. The van der Waals surface area contributed by atoms with Crippen molar-refractivity contribution in [3.05, 3.63) is 64.7 Å². The third-order valence-corrected chi connectivity index (χ3v) is 5.90. The van der Waals surface area contributed by atoms with Crippen LogP contribution in [0.2, 0.25) is 0 Å². The maximum absolute atomic E-state index is 14.1. The highest BCUT2D eigenvalue weighted by molar-refractivity contribution is 5.99. The van der Waals surface area contributed by atoms with E-state index in [1.165, 1.54) is 0 Å². The van der Waals surface area contributed by atoms with Crippen LogP contribution in [0.1, 0.15) is 76.8 Å². The van der Waals surface area contributed by atoms with Gasteiger partial charge in [0.15, 0.2) is 0 Å². The standard InChI is InChI=1S/C30H43N3O4/c1-18(2)25(32-29(36)37-30(8,9)10)28(35)33(19(3)4)26(23-16-20(5)15-21(6)17-23)27(34)31-24-14-12-11-13-22(24)7/h11-19,25-26H,1-10H3,(H,31,34)(H,32,36). The minimum Gasteiger partial charge on any atom is -0.444 e. The number of aryl methyl sites for hydroxylation is 3. The van der Waals surface area contributed by atoms with E-state index < -0.39 is 23.8 Å². The average Bonchev–Trinajstić information content (AvgIpc) is 2.74. The van der Waals surface area contributed by atoms with Crippen LogP contribution in [0.4, 0.5) is 10.5 Å². The van der Waals surface area contributed by atoms with Crippen LogP contribution in [0.15, 0.2) is 42.5 Å². The molecule has 0 saturated carbocycles. The van der Waals surface area contributed by atoms with Crippen LogP contribution >= 0.6 is 0 Å². The Morgan fingerprint density at radius 2 is 1.46 bits per heavy atom. The molecule has 7 nitrogen and oxygen atoms in total. The molecule has 0 saturated heterocycles. The van der Waals surface area contributed by atoms with E-state index in [2.05, 4.69) is 10.6 Å². The first kappa shape index (κ1) is 29.9. The number of hydrogen-bond acceptors (Lipinski definition) is 4. The summed E-state index contributed by atoms with van der Waals surface area (Å²) in [5, 5.41) is 5.78. The maximum atomic E-state index is 14.1. The van der Waals surface area contributed by atoms with Crippen LogP contribution in [0.25, 0.3) is 0 Å². The number of amides is 3. The quantitative estimate of drug-likeness (QED) is 0.452. The van der Waals surface area contributed by atoms with Gasteiger partial charge in [-0.05, 0) is 78.5 Å². The second-order valence-electron chi connectivity index (χ2n) is 11.3. The van der Waals surface area contributed by atoms with Crippen LogP contribution in [-0.2, 0) is 14.3 Å². The molecule has 0 aliphatic carbocycles. The van der Waals surface area contributed by atoms with Crippen molar-refractivity contribution < 1.29 is 19.1 Å². The Hall–Kier alpha value is -3.35. The number of carbonyl (C=O) groups excluding carboxylic acids is 3. The minimum absolute atomic E-state index is 0.236. The molecule has 0 aliphatic heterocycles. The predicted molar refractivity (Wildman–Crippen MR) is 148 cm³/mol. The molecule has 2 atom stereocenters. The minimum atomic E-state index is -0.910. The summed E-state index contributed by atoms with van der Waals surface area (Å²) in [6.07, 6.45) is -0.671. The van der Waals surface area contributed by atoms with Gasteiger partial charge in [-0.15, -0.1) is 0 Å². The van der Waals surface area contributed by atoms with Gasteiger partial charge in [0.1, 0.15) is 17.7 Å². The number of benzene rings is 2. The summed E-state index contributed by atoms with van der Waals surface area (Å²) in [5.41, 5.74) is 3.60. The number of hydrogen-bond donors (Lipinski definition) is 2. The molecule has 0 aliphatic rings. The lowest BCUT2D eigenvalue weighted by atomic mass is 9.95. The molecule has 2 rings (SSSR count). The molecule has 0 bridgehead atoms. The van der Waals surface area contributed by atoms with Crippen LogP contribution in [-0.4, -0.2) is 40.5 Å². The van der Waals surface area contributed by atoms with Crippen LogP contribution in [0.5, 0.6) is 0 Å². The normalized spacial score (nSPS) is 13.2. The van der Waals surface area contributed by atoms with E-state index in [1.54, 1.807) is 25.7 Å². The predicted octanol–water partition coefficient (Wildman–Crippen LogP) is 6.08. The van der Waals surface area contributed by atoms with E-state index in [-0.39, 0.29) is 23.8 Å². The van der Waals surface area contributed by atoms with E-state index in [0.717, 1.165) is 16.7 Å². The molecule has 3 amide bonds. The highest BCUT2D eigenvalue weighted by Gasteiger charge is 2.39. The Morgan fingerprint density at radius 3 is 1.95 bits per heavy atom. The molecule has 0 fully saturated rings. The maximum Gasteiger partial charge on any atom is 0.408 e. The smallest absolute Gasteiger partial charge is 0.408 e. The van der Waals surface area contributed by atoms with Crippen LogP contribution in [0.3, 0.4) is 0 Å². The lowest BCUT2D eigenvalue weighted by Gasteiger charge is -2.38. The molecule has 0 aromatic heterocycles. The van der Waals surface area contributed by atoms with Crippen LogP contribution < -0.4 is 10.6 Å². The summed E-state index contributed by atoms with van der Waals surface area (Å²) in [4.78, 5) is 42.2. The molecular weight excluding hydrogens is 466 g/mol. The lowest BCUT2D eigenvalue weighted by Crippen LogP contribution is -2.56. The molecular formula is C30H43N3O4. The van der Waals surface area contributed by atoms with Crippen molar-refractivity contribution in [2.24, 2.45) is 5.92 Å². The van der Waals surface area contributed by atoms with Gasteiger partial charge >= 0.3 is 6.09 Å². The van der Waals surface area contributed by atoms with E-state index in [1.807, 2.05) is 90.9 Å². The van der Waals surface area contributed by atoms with Gasteiger partial charge in [0.05, 0.1) is 0 Å². The zero-order chi connectivity index (χ0) is 28.1. The molecule has 0 heterocycles.